The summed E-state index contributed by atoms with van der Waals surface area (Å²) < 4.78 is 5.85. The SMILES string of the molecule is C=Cc1oc2ccc(C)cc2c1C[Si](C)(C)C. The van der Waals surface area contributed by atoms with Crippen LogP contribution in [-0.2, 0) is 6.04 Å². The maximum Gasteiger partial charge on any atom is 0.135 e. The van der Waals surface area contributed by atoms with Gasteiger partial charge >= 0.3 is 0 Å². The molecule has 1 aromatic heterocycles. The average Bonchev–Trinajstić information content (AvgIpc) is 2.54. The molecule has 1 heterocycles. The molecule has 0 aliphatic heterocycles. The lowest BCUT2D eigenvalue weighted by atomic mass is 10.1. The van der Waals surface area contributed by atoms with E-state index in [-0.39, 0.29) is 0 Å². The molecule has 17 heavy (non-hydrogen) atoms. The van der Waals surface area contributed by atoms with Crippen molar-refractivity contribution in [3.63, 3.8) is 0 Å². The van der Waals surface area contributed by atoms with E-state index in [0.717, 1.165) is 17.4 Å². The molecule has 90 valence electrons. The van der Waals surface area contributed by atoms with Crippen LogP contribution in [0.25, 0.3) is 17.0 Å². The van der Waals surface area contributed by atoms with Crippen molar-refractivity contribution in [1.82, 2.24) is 0 Å². The zero-order valence-corrected chi connectivity index (χ0v) is 12.1. The fourth-order valence-corrected chi connectivity index (χ4v) is 3.58. The van der Waals surface area contributed by atoms with Gasteiger partial charge in [-0.05, 0) is 31.2 Å². The summed E-state index contributed by atoms with van der Waals surface area (Å²) in [5.41, 5.74) is 3.61. The topological polar surface area (TPSA) is 13.1 Å². The fourth-order valence-electron chi connectivity index (χ4n) is 2.16. The molecule has 0 aliphatic rings. The standard InChI is InChI=1S/C15H20OSi/c1-6-14-13(10-17(3,4)5)12-9-11(2)7-8-15(12)16-14/h6-9H,1,10H2,2-5H3. The van der Waals surface area contributed by atoms with Crippen LogP contribution >= 0.6 is 0 Å². The van der Waals surface area contributed by atoms with Crippen LogP contribution < -0.4 is 0 Å². The first-order valence-corrected chi connectivity index (χ1v) is 9.76. The average molecular weight is 244 g/mol. The minimum atomic E-state index is -1.15. The van der Waals surface area contributed by atoms with E-state index in [2.05, 4.69) is 51.3 Å². The summed E-state index contributed by atoms with van der Waals surface area (Å²) in [7, 11) is -1.15. The fraction of sp³-hybridized carbons (Fsp3) is 0.333. The lowest BCUT2D eigenvalue weighted by Crippen LogP contribution is -2.24. The molecule has 2 heteroatoms. The predicted octanol–water partition coefficient (Wildman–Crippen LogP) is 4.80. The van der Waals surface area contributed by atoms with E-state index in [1.165, 1.54) is 16.5 Å². The smallest absolute Gasteiger partial charge is 0.135 e. The van der Waals surface area contributed by atoms with Gasteiger partial charge in [-0.3, -0.25) is 0 Å². The first-order chi connectivity index (χ1) is 7.90. The van der Waals surface area contributed by atoms with Gasteiger partial charge in [0.1, 0.15) is 11.3 Å². The molecule has 1 aromatic carbocycles. The Balaban J connectivity index is 2.64. The van der Waals surface area contributed by atoms with E-state index in [0.29, 0.717) is 0 Å². The van der Waals surface area contributed by atoms with Crippen molar-refractivity contribution in [2.75, 3.05) is 0 Å². The highest BCUT2D eigenvalue weighted by Gasteiger charge is 2.20. The number of furan rings is 1. The normalized spacial score (nSPS) is 12.0. The van der Waals surface area contributed by atoms with Gasteiger partial charge in [0, 0.05) is 19.0 Å². The summed E-state index contributed by atoms with van der Waals surface area (Å²) in [6.07, 6.45) is 1.84. The van der Waals surface area contributed by atoms with Gasteiger partial charge in [0.05, 0.1) is 0 Å². The van der Waals surface area contributed by atoms with Crippen molar-refractivity contribution >= 4 is 25.1 Å². The Morgan fingerprint density at radius 1 is 1.29 bits per heavy atom. The van der Waals surface area contributed by atoms with E-state index in [1.807, 2.05) is 6.08 Å². The summed E-state index contributed by atoms with van der Waals surface area (Å²) in [5.74, 6) is 0.952. The van der Waals surface area contributed by atoms with Crippen LogP contribution in [0.2, 0.25) is 19.6 Å². The molecule has 2 rings (SSSR count). The molecular formula is C15H20OSi. The van der Waals surface area contributed by atoms with Crippen LogP contribution in [0.3, 0.4) is 0 Å². The van der Waals surface area contributed by atoms with Crippen molar-refractivity contribution in [1.29, 1.82) is 0 Å². The van der Waals surface area contributed by atoms with Crippen molar-refractivity contribution in [3.05, 3.63) is 41.7 Å². The third-order valence-corrected chi connectivity index (χ3v) is 4.28. The van der Waals surface area contributed by atoms with Gasteiger partial charge in [-0.2, -0.15) is 0 Å². The molecule has 0 unspecified atom stereocenters. The number of hydrogen-bond acceptors (Lipinski definition) is 1. The van der Waals surface area contributed by atoms with E-state index >= 15 is 0 Å². The Kier molecular flexibility index (Phi) is 3.00. The lowest BCUT2D eigenvalue weighted by molar-refractivity contribution is 0.600. The monoisotopic (exact) mass is 244 g/mol. The lowest BCUT2D eigenvalue weighted by Gasteiger charge is -2.15. The van der Waals surface area contributed by atoms with Crippen LogP contribution in [0.1, 0.15) is 16.9 Å². The molecule has 2 aromatic rings. The number of fused-ring (bicyclic) bond motifs is 1. The van der Waals surface area contributed by atoms with E-state index in [9.17, 15) is 0 Å². The van der Waals surface area contributed by atoms with Gasteiger partial charge in [-0.1, -0.05) is 37.8 Å². The predicted molar refractivity (Wildman–Crippen MR) is 78.1 cm³/mol. The number of rotatable bonds is 3. The second kappa shape index (κ2) is 4.19. The number of benzene rings is 1. The Morgan fingerprint density at radius 3 is 2.59 bits per heavy atom. The van der Waals surface area contributed by atoms with E-state index < -0.39 is 8.07 Å². The molecule has 0 spiro atoms. The summed E-state index contributed by atoms with van der Waals surface area (Å²) in [4.78, 5) is 0. The molecule has 0 atom stereocenters. The van der Waals surface area contributed by atoms with Gasteiger partial charge in [-0.15, -0.1) is 0 Å². The maximum atomic E-state index is 5.85. The zero-order valence-electron chi connectivity index (χ0n) is 11.1. The van der Waals surface area contributed by atoms with Crippen LogP contribution in [-0.4, -0.2) is 8.07 Å². The maximum absolute atomic E-state index is 5.85. The molecule has 0 radical (unpaired) electrons. The van der Waals surface area contributed by atoms with E-state index in [4.69, 9.17) is 4.42 Å². The van der Waals surface area contributed by atoms with Crippen molar-refractivity contribution in [2.45, 2.75) is 32.6 Å². The quantitative estimate of drug-likeness (QED) is 0.707. The van der Waals surface area contributed by atoms with Crippen LogP contribution in [0.5, 0.6) is 0 Å². The minimum absolute atomic E-state index is 0.952. The Labute approximate surface area is 104 Å². The molecule has 0 aliphatic carbocycles. The first kappa shape index (κ1) is 12.2. The van der Waals surface area contributed by atoms with Crippen LogP contribution in [0.4, 0.5) is 0 Å². The number of aryl methyl sites for hydroxylation is 1. The van der Waals surface area contributed by atoms with Gasteiger partial charge in [0.15, 0.2) is 0 Å². The highest BCUT2D eigenvalue weighted by atomic mass is 28.3. The molecule has 0 bridgehead atoms. The Bertz CT molecular complexity index is 558. The van der Waals surface area contributed by atoms with Gasteiger partial charge in [-0.25, -0.2) is 0 Å². The first-order valence-electron chi connectivity index (χ1n) is 6.05. The minimum Gasteiger partial charge on any atom is -0.456 e. The van der Waals surface area contributed by atoms with E-state index in [1.54, 1.807) is 0 Å². The second-order valence-electron chi connectivity index (χ2n) is 5.89. The van der Waals surface area contributed by atoms with Crippen LogP contribution in [0, 0.1) is 6.92 Å². The Hall–Kier alpha value is -1.28. The van der Waals surface area contributed by atoms with Gasteiger partial charge in [0.25, 0.3) is 0 Å². The molecule has 0 N–H and O–H groups in total. The summed E-state index contributed by atoms with van der Waals surface area (Å²) in [6, 6.07) is 7.52. The van der Waals surface area contributed by atoms with Crippen molar-refractivity contribution < 1.29 is 4.42 Å². The van der Waals surface area contributed by atoms with Gasteiger partial charge < -0.3 is 4.42 Å². The van der Waals surface area contributed by atoms with Gasteiger partial charge in [0.2, 0.25) is 0 Å². The molecule has 0 saturated heterocycles. The van der Waals surface area contributed by atoms with Crippen molar-refractivity contribution in [2.24, 2.45) is 0 Å². The summed E-state index contributed by atoms with van der Waals surface area (Å²) >= 11 is 0. The summed E-state index contributed by atoms with van der Waals surface area (Å²) in [5, 5.41) is 1.27. The highest BCUT2D eigenvalue weighted by Crippen LogP contribution is 2.30. The third-order valence-electron chi connectivity index (χ3n) is 2.87. The van der Waals surface area contributed by atoms with Crippen molar-refractivity contribution in [3.8, 4) is 0 Å². The largest absolute Gasteiger partial charge is 0.456 e. The number of hydrogen-bond donors (Lipinski definition) is 0. The third kappa shape index (κ3) is 2.52. The molecular weight excluding hydrogens is 224 g/mol. The molecule has 0 fully saturated rings. The Morgan fingerprint density at radius 2 is 2.00 bits per heavy atom. The second-order valence-corrected chi connectivity index (χ2v) is 11.4. The zero-order chi connectivity index (χ0) is 12.6. The summed E-state index contributed by atoms with van der Waals surface area (Å²) in [6.45, 7) is 13.1. The molecule has 0 saturated carbocycles. The highest BCUT2D eigenvalue weighted by molar-refractivity contribution is 6.75. The molecule has 0 amide bonds. The van der Waals surface area contributed by atoms with Crippen LogP contribution in [0.15, 0.2) is 29.2 Å². The molecule has 1 nitrogen and oxygen atoms in total.